The number of hydrogen-bond donors (Lipinski definition) is 0. The second-order valence-corrected chi connectivity index (χ2v) is 10.7. The van der Waals surface area contributed by atoms with Gasteiger partial charge in [-0.05, 0) is 39.0 Å². The highest BCUT2D eigenvalue weighted by Gasteiger charge is 2.23. The molecule has 0 aliphatic rings. The van der Waals surface area contributed by atoms with Crippen molar-refractivity contribution >= 4 is 38.4 Å². The Hall–Kier alpha value is -2.85. The molecule has 0 fully saturated rings. The minimum atomic E-state index is -3.47. The van der Waals surface area contributed by atoms with Crippen LogP contribution in [0.15, 0.2) is 35.4 Å². The molecule has 0 bridgehead atoms. The van der Waals surface area contributed by atoms with Crippen LogP contribution in [0, 0.1) is 0 Å². The lowest BCUT2D eigenvalue weighted by molar-refractivity contribution is 0.0283. The third-order valence-electron chi connectivity index (χ3n) is 4.51. The van der Waals surface area contributed by atoms with E-state index in [0.717, 1.165) is 6.26 Å². The number of halogens is 1. The molecule has 3 rings (SSSR count). The molecular formula is C21H25ClN4O5S. The number of nitrogens with zero attached hydrogens (tertiary/aromatic N) is 4. The third kappa shape index (κ3) is 5.13. The van der Waals surface area contributed by atoms with E-state index in [9.17, 15) is 13.2 Å². The molecule has 0 saturated carbocycles. The van der Waals surface area contributed by atoms with Crippen LogP contribution in [0.1, 0.15) is 26.5 Å². The minimum absolute atomic E-state index is 0.115. The number of methoxy groups -OCH3 is 1. The van der Waals surface area contributed by atoms with Crippen LogP contribution in [0.25, 0.3) is 16.6 Å². The molecule has 0 atom stereocenters. The van der Waals surface area contributed by atoms with E-state index >= 15 is 0 Å². The maximum absolute atomic E-state index is 12.4. The van der Waals surface area contributed by atoms with Crippen molar-refractivity contribution in [1.29, 1.82) is 0 Å². The zero-order chi connectivity index (χ0) is 23.8. The van der Waals surface area contributed by atoms with Crippen LogP contribution < -0.4 is 4.74 Å². The second kappa shape index (κ2) is 8.59. The first-order valence-electron chi connectivity index (χ1n) is 9.66. The SMILES string of the molecule is COc1ccc(S(C)(=O)=O)cc1-n1nc(CN(C)C(=O)OC(C)(C)C)c2cnc(Cl)cc21. The van der Waals surface area contributed by atoms with Gasteiger partial charge < -0.3 is 14.4 Å². The molecule has 2 heterocycles. The maximum Gasteiger partial charge on any atom is 0.410 e. The molecule has 0 radical (unpaired) electrons. The molecule has 0 N–H and O–H groups in total. The molecule has 9 nitrogen and oxygen atoms in total. The number of carbonyl (C=O) groups is 1. The summed E-state index contributed by atoms with van der Waals surface area (Å²) in [5, 5.41) is 5.53. The van der Waals surface area contributed by atoms with E-state index in [1.54, 1.807) is 46.1 Å². The van der Waals surface area contributed by atoms with Gasteiger partial charge >= 0.3 is 6.09 Å². The van der Waals surface area contributed by atoms with Gasteiger partial charge in [0.15, 0.2) is 9.84 Å². The molecule has 32 heavy (non-hydrogen) atoms. The average Bonchev–Trinajstić information content (AvgIpc) is 3.02. The summed E-state index contributed by atoms with van der Waals surface area (Å²) in [5.41, 5.74) is 0.890. The van der Waals surface area contributed by atoms with Crippen LogP contribution in [-0.4, -0.2) is 60.2 Å². The average molecular weight is 481 g/mol. The van der Waals surface area contributed by atoms with Crippen LogP contribution in [0.5, 0.6) is 5.75 Å². The molecule has 11 heteroatoms. The molecular weight excluding hydrogens is 456 g/mol. The van der Waals surface area contributed by atoms with Crippen molar-refractivity contribution in [2.45, 2.75) is 37.8 Å². The summed E-state index contributed by atoms with van der Waals surface area (Å²) >= 11 is 6.13. The highest BCUT2D eigenvalue weighted by Crippen LogP contribution is 2.31. The van der Waals surface area contributed by atoms with Gasteiger partial charge in [-0.3, -0.25) is 0 Å². The predicted octanol–water partition coefficient (Wildman–Crippen LogP) is 3.85. The fourth-order valence-corrected chi connectivity index (χ4v) is 3.83. The first-order valence-corrected chi connectivity index (χ1v) is 11.9. The van der Waals surface area contributed by atoms with Gasteiger partial charge in [0.2, 0.25) is 0 Å². The van der Waals surface area contributed by atoms with E-state index in [-0.39, 0.29) is 16.6 Å². The molecule has 0 saturated heterocycles. The zero-order valence-corrected chi connectivity index (χ0v) is 20.3. The molecule has 1 amide bonds. The minimum Gasteiger partial charge on any atom is -0.494 e. The Kier molecular flexibility index (Phi) is 6.39. The summed E-state index contributed by atoms with van der Waals surface area (Å²) in [6.07, 6.45) is 2.19. The number of amides is 1. The number of carbonyl (C=O) groups excluding carboxylic acids is 1. The third-order valence-corrected chi connectivity index (χ3v) is 5.82. The maximum atomic E-state index is 12.4. The van der Waals surface area contributed by atoms with E-state index in [1.807, 2.05) is 0 Å². The first-order chi connectivity index (χ1) is 14.8. The monoisotopic (exact) mass is 480 g/mol. The lowest BCUT2D eigenvalue weighted by Crippen LogP contribution is -2.34. The van der Waals surface area contributed by atoms with E-state index in [0.29, 0.717) is 28.0 Å². The summed E-state index contributed by atoms with van der Waals surface area (Å²) in [4.78, 5) is 18.1. The van der Waals surface area contributed by atoms with Crippen molar-refractivity contribution in [1.82, 2.24) is 19.7 Å². The smallest absolute Gasteiger partial charge is 0.410 e. The van der Waals surface area contributed by atoms with Gasteiger partial charge in [0.1, 0.15) is 22.2 Å². The normalized spacial score (nSPS) is 12.1. The van der Waals surface area contributed by atoms with Crippen LogP contribution in [0.3, 0.4) is 0 Å². The highest BCUT2D eigenvalue weighted by molar-refractivity contribution is 7.90. The van der Waals surface area contributed by atoms with E-state index in [4.69, 9.17) is 21.1 Å². The van der Waals surface area contributed by atoms with Crippen LogP contribution in [-0.2, 0) is 21.1 Å². The summed E-state index contributed by atoms with van der Waals surface area (Å²) < 4.78 is 36.6. The van der Waals surface area contributed by atoms with Gasteiger partial charge in [0.25, 0.3) is 0 Å². The number of hydrogen-bond acceptors (Lipinski definition) is 7. The van der Waals surface area contributed by atoms with Crippen molar-refractivity contribution in [3.05, 3.63) is 41.3 Å². The molecule has 0 aliphatic heterocycles. The Morgan fingerprint density at radius 3 is 2.53 bits per heavy atom. The van der Waals surface area contributed by atoms with Crippen LogP contribution in [0.2, 0.25) is 5.15 Å². The van der Waals surface area contributed by atoms with Crippen molar-refractivity contribution in [2.24, 2.45) is 0 Å². The largest absolute Gasteiger partial charge is 0.494 e. The van der Waals surface area contributed by atoms with Crippen molar-refractivity contribution in [2.75, 3.05) is 20.4 Å². The number of benzene rings is 1. The van der Waals surface area contributed by atoms with E-state index in [2.05, 4.69) is 10.1 Å². The first kappa shape index (κ1) is 23.8. The van der Waals surface area contributed by atoms with Gasteiger partial charge in [-0.1, -0.05) is 11.6 Å². The van der Waals surface area contributed by atoms with Crippen molar-refractivity contribution < 1.29 is 22.7 Å². The summed E-state index contributed by atoms with van der Waals surface area (Å²) in [7, 11) is -0.378. The standard InChI is InChI=1S/C21H25ClN4O5S/c1-21(2,3)31-20(27)25(4)12-15-14-11-23-19(22)10-16(14)26(24-15)17-9-13(32(6,28)29)7-8-18(17)30-5/h7-11H,12H2,1-6H3. The Labute approximate surface area is 191 Å². The summed E-state index contributed by atoms with van der Waals surface area (Å²) in [5.74, 6) is 0.418. The highest BCUT2D eigenvalue weighted by atomic mass is 35.5. The van der Waals surface area contributed by atoms with Gasteiger partial charge in [0, 0.05) is 31.0 Å². The van der Waals surface area contributed by atoms with E-state index in [1.165, 1.54) is 28.8 Å². The Morgan fingerprint density at radius 1 is 1.25 bits per heavy atom. The predicted molar refractivity (Wildman–Crippen MR) is 121 cm³/mol. The number of pyridine rings is 1. The number of aromatic nitrogens is 3. The molecule has 0 aliphatic carbocycles. The molecule has 0 spiro atoms. The number of sulfone groups is 1. The summed E-state index contributed by atoms with van der Waals surface area (Å²) in [6.45, 7) is 5.50. The molecule has 0 unspecified atom stereocenters. The van der Waals surface area contributed by atoms with E-state index < -0.39 is 21.5 Å². The number of fused-ring (bicyclic) bond motifs is 1. The van der Waals surface area contributed by atoms with Crippen molar-refractivity contribution in [3.8, 4) is 11.4 Å². The fraction of sp³-hybridized carbons (Fsp3) is 0.381. The Morgan fingerprint density at radius 2 is 1.94 bits per heavy atom. The second-order valence-electron chi connectivity index (χ2n) is 8.32. The van der Waals surface area contributed by atoms with Crippen LogP contribution >= 0.6 is 11.6 Å². The quantitative estimate of drug-likeness (QED) is 0.511. The van der Waals surface area contributed by atoms with Gasteiger partial charge in [-0.15, -0.1) is 0 Å². The van der Waals surface area contributed by atoms with Crippen molar-refractivity contribution in [3.63, 3.8) is 0 Å². The van der Waals surface area contributed by atoms with Gasteiger partial charge in [0.05, 0.1) is 29.8 Å². The molecule has 172 valence electrons. The molecule has 3 aromatic rings. The number of ether oxygens (including phenoxy) is 2. The van der Waals surface area contributed by atoms with Crippen LogP contribution in [0.4, 0.5) is 4.79 Å². The summed E-state index contributed by atoms with van der Waals surface area (Å²) in [6, 6.07) is 6.13. The lowest BCUT2D eigenvalue weighted by Gasteiger charge is -2.24. The topological polar surface area (TPSA) is 104 Å². The zero-order valence-electron chi connectivity index (χ0n) is 18.7. The number of rotatable bonds is 5. The van der Waals surface area contributed by atoms with Gasteiger partial charge in [-0.2, -0.15) is 5.10 Å². The molecule has 1 aromatic carbocycles. The lowest BCUT2D eigenvalue weighted by atomic mass is 10.2. The Bertz CT molecular complexity index is 1280. The fourth-order valence-electron chi connectivity index (χ4n) is 3.04. The molecule has 2 aromatic heterocycles. The van der Waals surface area contributed by atoms with Gasteiger partial charge in [-0.25, -0.2) is 22.9 Å². The Balaban J connectivity index is 2.14.